The number of hydrogen-bond donors (Lipinski definition) is 1. The van der Waals surface area contributed by atoms with Crippen molar-refractivity contribution in [3.63, 3.8) is 0 Å². The van der Waals surface area contributed by atoms with Crippen molar-refractivity contribution in [1.29, 1.82) is 0 Å². The molecule has 1 fully saturated rings. The summed E-state index contributed by atoms with van der Waals surface area (Å²) in [6.07, 6.45) is 6.17. The van der Waals surface area contributed by atoms with Crippen molar-refractivity contribution < 1.29 is 4.79 Å². The molecule has 4 rings (SSSR count). The first-order chi connectivity index (χ1) is 12.8. The van der Waals surface area contributed by atoms with Crippen molar-refractivity contribution in [2.24, 2.45) is 0 Å². The molecular formula is C20H23N5O. The zero-order valence-corrected chi connectivity index (χ0v) is 14.7. The van der Waals surface area contributed by atoms with E-state index in [0.29, 0.717) is 13.0 Å². The Kier molecular flexibility index (Phi) is 4.82. The third kappa shape index (κ3) is 3.69. The van der Waals surface area contributed by atoms with Crippen molar-refractivity contribution in [2.75, 3.05) is 18.0 Å². The number of piperidine rings is 1. The van der Waals surface area contributed by atoms with E-state index in [4.69, 9.17) is 0 Å². The van der Waals surface area contributed by atoms with Gasteiger partial charge in [-0.05, 0) is 31.0 Å². The Morgan fingerprint density at radius 2 is 2.08 bits per heavy atom. The fourth-order valence-corrected chi connectivity index (χ4v) is 3.56. The van der Waals surface area contributed by atoms with Crippen LogP contribution in [0.15, 0.2) is 54.9 Å². The number of rotatable bonds is 5. The van der Waals surface area contributed by atoms with E-state index in [1.54, 1.807) is 0 Å². The Hall–Kier alpha value is -2.89. The summed E-state index contributed by atoms with van der Waals surface area (Å²) >= 11 is 0. The number of nitrogens with zero attached hydrogens (tertiary/aromatic N) is 4. The second kappa shape index (κ2) is 7.56. The van der Waals surface area contributed by atoms with E-state index < -0.39 is 0 Å². The number of aromatic nitrogens is 3. The Bertz CT molecular complexity index is 876. The minimum Gasteiger partial charge on any atom is -0.355 e. The van der Waals surface area contributed by atoms with Crippen LogP contribution in [0.25, 0.3) is 10.9 Å². The van der Waals surface area contributed by atoms with Crippen LogP contribution >= 0.6 is 0 Å². The maximum atomic E-state index is 12.4. The molecule has 1 aromatic carbocycles. The highest BCUT2D eigenvalue weighted by molar-refractivity contribution is 5.79. The van der Waals surface area contributed by atoms with Crippen LogP contribution in [0.1, 0.15) is 19.3 Å². The minimum atomic E-state index is 0.0810. The highest BCUT2D eigenvalue weighted by Crippen LogP contribution is 2.17. The fourth-order valence-electron chi connectivity index (χ4n) is 3.56. The number of hydrogen-bond acceptors (Lipinski definition) is 4. The standard InChI is InChI=1S/C20H23N5O/c26-20(10-13-25-18-8-2-1-6-16(18)14-22-25)23-17-7-5-12-24(15-17)19-9-3-4-11-21-19/h1-4,6,8-9,11,14,17H,5,7,10,12-13,15H2,(H,23,26)/t17-/m1/s1. The summed E-state index contributed by atoms with van der Waals surface area (Å²) in [5.74, 6) is 1.06. The second-order valence-corrected chi connectivity index (χ2v) is 6.72. The molecule has 3 heterocycles. The van der Waals surface area contributed by atoms with Crippen LogP contribution < -0.4 is 10.2 Å². The normalized spacial score (nSPS) is 17.4. The van der Waals surface area contributed by atoms with Crippen LogP contribution in [0.2, 0.25) is 0 Å². The Morgan fingerprint density at radius 1 is 1.19 bits per heavy atom. The number of carbonyl (C=O) groups is 1. The number of anilines is 1. The highest BCUT2D eigenvalue weighted by atomic mass is 16.1. The summed E-state index contributed by atoms with van der Waals surface area (Å²) in [6, 6.07) is 14.2. The zero-order valence-electron chi connectivity index (χ0n) is 14.7. The lowest BCUT2D eigenvalue weighted by atomic mass is 10.1. The fraction of sp³-hybridized carbons (Fsp3) is 0.350. The lowest BCUT2D eigenvalue weighted by Crippen LogP contribution is -2.48. The number of nitrogens with one attached hydrogen (secondary N) is 1. The largest absolute Gasteiger partial charge is 0.355 e. The van der Waals surface area contributed by atoms with E-state index in [2.05, 4.69) is 20.3 Å². The molecule has 0 spiro atoms. The first kappa shape index (κ1) is 16.6. The maximum Gasteiger partial charge on any atom is 0.222 e. The molecule has 1 aliphatic heterocycles. The number of amides is 1. The van der Waals surface area contributed by atoms with E-state index in [-0.39, 0.29) is 11.9 Å². The van der Waals surface area contributed by atoms with Crippen LogP contribution in [0.5, 0.6) is 0 Å². The van der Waals surface area contributed by atoms with Gasteiger partial charge < -0.3 is 10.2 Å². The molecule has 1 amide bonds. The summed E-state index contributed by atoms with van der Waals surface area (Å²) in [5.41, 5.74) is 1.07. The number of carbonyl (C=O) groups excluding carboxylic acids is 1. The van der Waals surface area contributed by atoms with E-state index in [0.717, 1.165) is 42.7 Å². The molecule has 1 aliphatic rings. The minimum absolute atomic E-state index is 0.0810. The van der Waals surface area contributed by atoms with Gasteiger partial charge in [0.2, 0.25) is 5.91 Å². The molecule has 134 valence electrons. The third-order valence-corrected chi connectivity index (χ3v) is 4.86. The summed E-state index contributed by atoms with van der Waals surface area (Å²) in [5, 5.41) is 8.67. The number of aryl methyl sites for hydroxylation is 1. The molecule has 6 nitrogen and oxygen atoms in total. The molecule has 6 heteroatoms. The van der Waals surface area contributed by atoms with Crippen molar-refractivity contribution in [3.05, 3.63) is 54.9 Å². The predicted octanol–water partition coefficient (Wildman–Crippen LogP) is 2.61. The molecule has 0 bridgehead atoms. The van der Waals surface area contributed by atoms with Crippen LogP contribution in [0, 0.1) is 0 Å². The van der Waals surface area contributed by atoms with Gasteiger partial charge in [-0.3, -0.25) is 9.48 Å². The molecule has 1 atom stereocenters. The second-order valence-electron chi connectivity index (χ2n) is 6.72. The summed E-state index contributed by atoms with van der Waals surface area (Å²) < 4.78 is 1.90. The monoisotopic (exact) mass is 349 g/mol. The van der Waals surface area contributed by atoms with Gasteiger partial charge in [0.1, 0.15) is 5.82 Å². The number of para-hydroxylation sites is 1. The van der Waals surface area contributed by atoms with Crippen LogP contribution in [0.3, 0.4) is 0 Å². The molecule has 0 radical (unpaired) electrons. The van der Waals surface area contributed by atoms with E-state index in [9.17, 15) is 4.79 Å². The summed E-state index contributed by atoms with van der Waals surface area (Å²) in [6.45, 7) is 2.39. The molecular weight excluding hydrogens is 326 g/mol. The Morgan fingerprint density at radius 3 is 2.96 bits per heavy atom. The van der Waals surface area contributed by atoms with Crippen LogP contribution in [-0.4, -0.2) is 39.8 Å². The van der Waals surface area contributed by atoms with Gasteiger partial charge in [-0.2, -0.15) is 5.10 Å². The van der Waals surface area contributed by atoms with E-state index >= 15 is 0 Å². The molecule has 2 aromatic heterocycles. The highest BCUT2D eigenvalue weighted by Gasteiger charge is 2.22. The molecule has 0 aliphatic carbocycles. The maximum absolute atomic E-state index is 12.4. The number of benzene rings is 1. The lowest BCUT2D eigenvalue weighted by molar-refractivity contribution is -0.122. The van der Waals surface area contributed by atoms with Gasteiger partial charge >= 0.3 is 0 Å². The van der Waals surface area contributed by atoms with E-state index in [1.807, 2.05) is 59.5 Å². The smallest absolute Gasteiger partial charge is 0.222 e. The molecule has 3 aromatic rings. The molecule has 0 unspecified atom stereocenters. The van der Waals surface area contributed by atoms with Gasteiger partial charge in [-0.15, -0.1) is 0 Å². The topological polar surface area (TPSA) is 63.1 Å². The van der Waals surface area contributed by atoms with Gasteiger partial charge in [0.25, 0.3) is 0 Å². The van der Waals surface area contributed by atoms with Crippen molar-refractivity contribution in [2.45, 2.75) is 31.8 Å². The third-order valence-electron chi connectivity index (χ3n) is 4.86. The van der Waals surface area contributed by atoms with Crippen molar-refractivity contribution in [1.82, 2.24) is 20.1 Å². The Labute approximate surface area is 152 Å². The SMILES string of the molecule is O=C(CCn1ncc2ccccc21)N[C@@H]1CCCN(c2ccccn2)C1. The predicted molar refractivity (Wildman–Crippen MR) is 102 cm³/mol. The number of fused-ring (bicyclic) bond motifs is 1. The van der Waals surface area contributed by atoms with Gasteiger partial charge in [-0.25, -0.2) is 4.98 Å². The Balaban J connectivity index is 1.32. The van der Waals surface area contributed by atoms with E-state index in [1.165, 1.54) is 0 Å². The van der Waals surface area contributed by atoms with Crippen LogP contribution in [0.4, 0.5) is 5.82 Å². The van der Waals surface area contributed by atoms with Crippen LogP contribution in [-0.2, 0) is 11.3 Å². The molecule has 1 N–H and O–H groups in total. The zero-order chi connectivity index (χ0) is 17.8. The van der Waals surface area contributed by atoms with Gasteiger partial charge in [0.05, 0.1) is 18.3 Å². The molecule has 1 saturated heterocycles. The first-order valence-electron chi connectivity index (χ1n) is 9.15. The van der Waals surface area contributed by atoms with Crippen molar-refractivity contribution in [3.8, 4) is 0 Å². The lowest BCUT2D eigenvalue weighted by Gasteiger charge is -2.34. The summed E-state index contributed by atoms with van der Waals surface area (Å²) in [7, 11) is 0. The van der Waals surface area contributed by atoms with Gasteiger partial charge in [-0.1, -0.05) is 24.3 Å². The molecule has 26 heavy (non-hydrogen) atoms. The average Bonchev–Trinajstić information content (AvgIpc) is 3.10. The van der Waals surface area contributed by atoms with Gasteiger partial charge in [0.15, 0.2) is 0 Å². The van der Waals surface area contributed by atoms with Gasteiger partial charge in [0, 0.05) is 37.1 Å². The number of pyridine rings is 1. The average molecular weight is 349 g/mol. The molecule has 0 saturated carbocycles. The van der Waals surface area contributed by atoms with Crippen molar-refractivity contribution >= 4 is 22.6 Å². The quantitative estimate of drug-likeness (QED) is 0.769. The first-order valence-corrected chi connectivity index (χ1v) is 9.15. The summed E-state index contributed by atoms with van der Waals surface area (Å²) in [4.78, 5) is 19.1.